The number of amides is 1. The lowest BCUT2D eigenvalue weighted by atomic mass is 9.63. The Bertz CT molecular complexity index is 354. The maximum Gasteiger partial charge on any atom is 0.407 e. The zero-order valence-electron chi connectivity index (χ0n) is 15.6. The van der Waals surface area contributed by atoms with Crippen LogP contribution in [0.1, 0.15) is 74.1 Å². The molecule has 1 aliphatic carbocycles. The van der Waals surface area contributed by atoms with E-state index in [-0.39, 0.29) is 6.09 Å². The SMILES string of the molecule is CC1(C)CC(NCCCNC(=O)OC(C)(C)C)CC(C)(C)C1. The van der Waals surface area contributed by atoms with E-state index in [1.807, 2.05) is 20.8 Å². The highest BCUT2D eigenvalue weighted by Gasteiger charge is 2.37. The van der Waals surface area contributed by atoms with E-state index in [9.17, 15) is 4.79 Å². The summed E-state index contributed by atoms with van der Waals surface area (Å²) < 4.78 is 5.22. The summed E-state index contributed by atoms with van der Waals surface area (Å²) in [5, 5.41) is 6.47. The average Bonchev–Trinajstić information content (AvgIpc) is 2.21. The molecule has 1 aliphatic rings. The van der Waals surface area contributed by atoms with Crippen LogP contribution in [0.4, 0.5) is 4.79 Å². The summed E-state index contributed by atoms with van der Waals surface area (Å²) in [6.07, 6.45) is 4.35. The molecule has 0 aromatic carbocycles. The number of carbonyl (C=O) groups is 1. The predicted octanol–water partition coefficient (Wildman–Crippen LogP) is 4.10. The summed E-state index contributed by atoms with van der Waals surface area (Å²) in [7, 11) is 0. The minimum atomic E-state index is -0.429. The van der Waals surface area contributed by atoms with Crippen molar-refractivity contribution in [3.8, 4) is 0 Å². The van der Waals surface area contributed by atoms with E-state index in [1.165, 1.54) is 19.3 Å². The van der Waals surface area contributed by atoms with Crippen LogP contribution < -0.4 is 10.6 Å². The molecule has 0 heterocycles. The Morgan fingerprint density at radius 3 is 2.14 bits per heavy atom. The van der Waals surface area contributed by atoms with Crippen molar-refractivity contribution >= 4 is 6.09 Å². The Hall–Kier alpha value is -0.770. The summed E-state index contributed by atoms with van der Waals surface area (Å²) in [5.74, 6) is 0. The minimum Gasteiger partial charge on any atom is -0.444 e. The molecule has 22 heavy (non-hydrogen) atoms. The molecule has 130 valence electrons. The molecule has 0 atom stereocenters. The largest absolute Gasteiger partial charge is 0.444 e. The normalized spacial score (nSPS) is 21.4. The molecule has 1 fully saturated rings. The van der Waals surface area contributed by atoms with Crippen molar-refractivity contribution in [1.29, 1.82) is 0 Å². The lowest BCUT2D eigenvalue weighted by Gasteiger charge is -2.45. The van der Waals surface area contributed by atoms with Gasteiger partial charge >= 0.3 is 6.09 Å². The van der Waals surface area contributed by atoms with E-state index in [2.05, 4.69) is 38.3 Å². The highest BCUT2D eigenvalue weighted by molar-refractivity contribution is 5.67. The molecule has 1 saturated carbocycles. The van der Waals surface area contributed by atoms with Crippen molar-refractivity contribution in [2.24, 2.45) is 10.8 Å². The number of nitrogens with one attached hydrogen (secondary N) is 2. The molecule has 0 bridgehead atoms. The zero-order chi connectivity index (χ0) is 17.0. The van der Waals surface area contributed by atoms with Crippen LogP contribution in [0.2, 0.25) is 0 Å². The molecule has 1 rings (SSSR count). The van der Waals surface area contributed by atoms with Crippen LogP contribution in [0.3, 0.4) is 0 Å². The first-order valence-corrected chi connectivity index (χ1v) is 8.59. The average molecular weight is 312 g/mol. The second-order valence-corrected chi connectivity index (χ2v) is 9.35. The van der Waals surface area contributed by atoms with Crippen LogP contribution in [0.15, 0.2) is 0 Å². The summed E-state index contributed by atoms with van der Waals surface area (Å²) in [6.45, 7) is 16.7. The van der Waals surface area contributed by atoms with Gasteiger partial charge in [-0.2, -0.15) is 0 Å². The smallest absolute Gasteiger partial charge is 0.407 e. The summed E-state index contributed by atoms with van der Waals surface area (Å²) in [6, 6.07) is 0.584. The molecule has 2 N–H and O–H groups in total. The van der Waals surface area contributed by atoms with Gasteiger partial charge in [0, 0.05) is 12.6 Å². The lowest BCUT2D eigenvalue weighted by Crippen LogP contribution is -2.44. The minimum absolute atomic E-state index is 0.326. The Morgan fingerprint density at radius 2 is 1.64 bits per heavy atom. The summed E-state index contributed by atoms with van der Waals surface area (Å²) in [4.78, 5) is 11.5. The maximum atomic E-state index is 11.5. The van der Waals surface area contributed by atoms with Gasteiger partial charge in [-0.3, -0.25) is 0 Å². The summed E-state index contributed by atoms with van der Waals surface area (Å²) in [5.41, 5.74) is 0.393. The van der Waals surface area contributed by atoms with Crippen LogP contribution in [0, 0.1) is 10.8 Å². The maximum absolute atomic E-state index is 11.5. The molecule has 0 spiro atoms. The number of alkyl carbamates (subject to hydrolysis) is 1. The van der Waals surface area contributed by atoms with Gasteiger partial charge in [-0.25, -0.2) is 4.79 Å². The fraction of sp³-hybridized carbons (Fsp3) is 0.944. The Morgan fingerprint density at radius 1 is 1.09 bits per heavy atom. The predicted molar refractivity (Wildman–Crippen MR) is 92.1 cm³/mol. The third-order valence-electron chi connectivity index (χ3n) is 4.01. The second kappa shape index (κ2) is 7.20. The van der Waals surface area contributed by atoms with E-state index in [1.54, 1.807) is 0 Å². The number of carbonyl (C=O) groups excluding carboxylic acids is 1. The fourth-order valence-corrected chi connectivity index (χ4v) is 3.89. The highest BCUT2D eigenvalue weighted by atomic mass is 16.6. The van der Waals surface area contributed by atoms with Gasteiger partial charge in [-0.1, -0.05) is 27.7 Å². The third-order valence-corrected chi connectivity index (χ3v) is 4.01. The highest BCUT2D eigenvalue weighted by Crippen LogP contribution is 2.45. The molecular weight excluding hydrogens is 276 g/mol. The van der Waals surface area contributed by atoms with Crippen molar-refractivity contribution < 1.29 is 9.53 Å². The second-order valence-electron chi connectivity index (χ2n) is 9.35. The molecule has 4 nitrogen and oxygen atoms in total. The topological polar surface area (TPSA) is 50.4 Å². The van der Waals surface area contributed by atoms with E-state index in [4.69, 9.17) is 4.74 Å². The molecule has 0 aliphatic heterocycles. The van der Waals surface area contributed by atoms with Crippen molar-refractivity contribution in [2.75, 3.05) is 13.1 Å². The van der Waals surface area contributed by atoms with E-state index < -0.39 is 5.60 Å². The van der Waals surface area contributed by atoms with Crippen LogP contribution in [-0.4, -0.2) is 30.8 Å². The third kappa shape index (κ3) is 8.02. The van der Waals surface area contributed by atoms with Crippen LogP contribution in [0.25, 0.3) is 0 Å². The van der Waals surface area contributed by atoms with Gasteiger partial charge in [0.15, 0.2) is 0 Å². The lowest BCUT2D eigenvalue weighted by molar-refractivity contribution is 0.0527. The van der Waals surface area contributed by atoms with Crippen LogP contribution in [-0.2, 0) is 4.74 Å². The van der Waals surface area contributed by atoms with Gasteiger partial charge in [-0.05, 0) is 63.8 Å². The summed E-state index contributed by atoms with van der Waals surface area (Å²) >= 11 is 0. The Kier molecular flexibility index (Phi) is 6.31. The van der Waals surface area contributed by atoms with Gasteiger partial charge in [0.2, 0.25) is 0 Å². The monoisotopic (exact) mass is 312 g/mol. The van der Waals surface area contributed by atoms with Gasteiger partial charge < -0.3 is 15.4 Å². The Labute approximate surface area is 136 Å². The first kappa shape index (κ1) is 19.3. The number of rotatable bonds is 5. The molecule has 1 amide bonds. The molecule has 0 radical (unpaired) electrons. The van der Waals surface area contributed by atoms with Crippen LogP contribution >= 0.6 is 0 Å². The van der Waals surface area contributed by atoms with E-state index in [0.717, 1.165) is 13.0 Å². The number of hydrogen-bond acceptors (Lipinski definition) is 3. The van der Waals surface area contributed by atoms with Gasteiger partial charge in [0.1, 0.15) is 5.60 Å². The van der Waals surface area contributed by atoms with Crippen molar-refractivity contribution in [3.05, 3.63) is 0 Å². The zero-order valence-corrected chi connectivity index (χ0v) is 15.6. The molecule has 4 heteroatoms. The van der Waals surface area contributed by atoms with Crippen molar-refractivity contribution in [2.45, 2.75) is 85.8 Å². The Balaban J connectivity index is 2.21. The number of hydrogen-bond donors (Lipinski definition) is 2. The molecular formula is C18H36N2O2. The van der Waals surface area contributed by atoms with Crippen LogP contribution in [0.5, 0.6) is 0 Å². The van der Waals surface area contributed by atoms with Crippen molar-refractivity contribution in [1.82, 2.24) is 10.6 Å². The fourth-order valence-electron chi connectivity index (χ4n) is 3.89. The van der Waals surface area contributed by atoms with Crippen molar-refractivity contribution in [3.63, 3.8) is 0 Å². The van der Waals surface area contributed by atoms with Gasteiger partial charge in [-0.15, -0.1) is 0 Å². The quantitative estimate of drug-likeness (QED) is 0.752. The first-order valence-electron chi connectivity index (χ1n) is 8.59. The molecule has 0 unspecified atom stereocenters. The number of ether oxygens (including phenoxy) is 1. The van der Waals surface area contributed by atoms with E-state index >= 15 is 0 Å². The molecule has 0 saturated heterocycles. The standard InChI is InChI=1S/C18H36N2O2/c1-16(2,3)22-15(21)20-10-8-9-19-14-11-17(4,5)13-18(6,7)12-14/h14,19H,8-13H2,1-7H3,(H,20,21). The molecule has 0 aromatic rings. The van der Waals surface area contributed by atoms with Gasteiger partial charge in [0.05, 0.1) is 0 Å². The first-order chi connectivity index (χ1) is 9.89. The van der Waals surface area contributed by atoms with E-state index in [0.29, 0.717) is 23.4 Å². The van der Waals surface area contributed by atoms with Gasteiger partial charge in [0.25, 0.3) is 0 Å². The molecule has 0 aromatic heterocycles.